The van der Waals surface area contributed by atoms with E-state index in [0.29, 0.717) is 17.7 Å². The topological polar surface area (TPSA) is 44.1 Å². The zero-order valence-corrected chi connectivity index (χ0v) is 11.7. The van der Waals surface area contributed by atoms with Gasteiger partial charge in [-0.2, -0.15) is 5.10 Å². The first-order chi connectivity index (χ1) is 8.25. The molecule has 4 nitrogen and oxygen atoms in total. The summed E-state index contributed by atoms with van der Waals surface area (Å²) in [4.78, 5) is 12.1. The highest BCUT2D eigenvalue weighted by Gasteiger charge is 2.29. The third kappa shape index (κ3) is 3.36. The fourth-order valence-corrected chi connectivity index (χ4v) is 1.62. The molecular weight excluding hydrogens is 228 g/mol. The lowest BCUT2D eigenvalue weighted by Crippen LogP contribution is -2.31. The van der Waals surface area contributed by atoms with Gasteiger partial charge in [0.1, 0.15) is 11.7 Å². The van der Waals surface area contributed by atoms with Crippen LogP contribution in [0.5, 0.6) is 0 Å². The van der Waals surface area contributed by atoms with Crippen molar-refractivity contribution in [3.63, 3.8) is 0 Å². The summed E-state index contributed by atoms with van der Waals surface area (Å²) in [7, 11) is 1.77. The number of hydrogen-bond acceptors (Lipinski definition) is 3. The van der Waals surface area contributed by atoms with E-state index in [0.717, 1.165) is 0 Å². The van der Waals surface area contributed by atoms with Gasteiger partial charge < -0.3 is 4.74 Å². The zero-order chi connectivity index (χ0) is 13.9. The molecule has 0 aliphatic carbocycles. The molecule has 0 N–H and O–H groups in total. The minimum Gasteiger partial charge on any atom is -0.457 e. The molecule has 0 fully saturated rings. The normalized spacial score (nSPS) is 12.9. The summed E-state index contributed by atoms with van der Waals surface area (Å²) in [5.41, 5.74) is 0.970. The highest BCUT2D eigenvalue weighted by molar-refractivity contribution is 5.90. The van der Waals surface area contributed by atoms with Crippen LogP contribution in [0.15, 0.2) is 6.20 Å². The largest absolute Gasteiger partial charge is 0.457 e. The average molecular weight is 248 g/mol. The van der Waals surface area contributed by atoms with Crippen molar-refractivity contribution in [1.29, 1.82) is 0 Å². The molecule has 1 aromatic heterocycles. The van der Waals surface area contributed by atoms with Crippen LogP contribution >= 0.6 is 0 Å². The molecule has 0 radical (unpaired) electrons. The van der Waals surface area contributed by atoms with E-state index in [1.807, 2.05) is 20.8 Å². The molecule has 4 heteroatoms. The summed E-state index contributed by atoms with van der Waals surface area (Å²) in [6, 6.07) is 0. The number of aromatic nitrogens is 2. The molecule has 0 amide bonds. The Labute approximate surface area is 108 Å². The fourth-order valence-electron chi connectivity index (χ4n) is 1.62. The molecule has 0 spiro atoms. The Morgan fingerprint density at radius 2 is 2.22 bits per heavy atom. The molecule has 1 rings (SSSR count). The van der Waals surface area contributed by atoms with Crippen LogP contribution in [0, 0.1) is 24.7 Å². The number of rotatable bonds is 3. The van der Waals surface area contributed by atoms with Crippen LogP contribution in [0.25, 0.3) is 0 Å². The minimum absolute atomic E-state index is 0.182. The summed E-state index contributed by atoms with van der Waals surface area (Å²) in [6.07, 6.45) is 7.09. The van der Waals surface area contributed by atoms with Gasteiger partial charge in [0.15, 0.2) is 0 Å². The SMILES string of the molecule is C#CC[C@H](OC(=O)c1cn(C)nc1C)C(C)(C)C. The Hall–Kier alpha value is -1.76. The number of terminal acetylenes is 1. The van der Waals surface area contributed by atoms with Gasteiger partial charge in [0.2, 0.25) is 0 Å². The van der Waals surface area contributed by atoms with E-state index >= 15 is 0 Å². The van der Waals surface area contributed by atoms with E-state index in [1.165, 1.54) is 0 Å². The second-order valence-electron chi connectivity index (χ2n) is 5.47. The van der Waals surface area contributed by atoms with Gasteiger partial charge in [-0.1, -0.05) is 20.8 Å². The quantitative estimate of drug-likeness (QED) is 0.609. The van der Waals surface area contributed by atoms with Gasteiger partial charge in [0.25, 0.3) is 0 Å². The maximum Gasteiger partial charge on any atom is 0.341 e. The van der Waals surface area contributed by atoms with Crippen LogP contribution < -0.4 is 0 Å². The Morgan fingerprint density at radius 3 is 2.61 bits per heavy atom. The van der Waals surface area contributed by atoms with Crippen LogP contribution in [0.2, 0.25) is 0 Å². The molecule has 18 heavy (non-hydrogen) atoms. The zero-order valence-electron chi connectivity index (χ0n) is 11.7. The molecule has 0 bridgehead atoms. The Kier molecular flexibility index (Phi) is 4.18. The predicted octanol–water partition coefficient (Wildman–Crippen LogP) is 2.32. The van der Waals surface area contributed by atoms with Gasteiger partial charge in [0.05, 0.1) is 5.69 Å². The third-order valence-corrected chi connectivity index (χ3v) is 2.75. The van der Waals surface area contributed by atoms with Crippen molar-refractivity contribution in [3.05, 3.63) is 17.5 Å². The molecule has 1 aromatic rings. The second kappa shape index (κ2) is 5.26. The van der Waals surface area contributed by atoms with Crippen LogP contribution in [0.3, 0.4) is 0 Å². The first-order valence-electron chi connectivity index (χ1n) is 5.90. The molecule has 0 unspecified atom stereocenters. The van der Waals surface area contributed by atoms with Crippen molar-refractivity contribution >= 4 is 5.97 Å². The lowest BCUT2D eigenvalue weighted by atomic mass is 9.87. The number of nitrogens with zero attached hydrogens (tertiary/aromatic N) is 2. The van der Waals surface area contributed by atoms with Gasteiger partial charge in [0, 0.05) is 19.7 Å². The lowest BCUT2D eigenvalue weighted by molar-refractivity contribution is -0.000621. The van der Waals surface area contributed by atoms with Crippen molar-refractivity contribution < 1.29 is 9.53 Å². The lowest BCUT2D eigenvalue weighted by Gasteiger charge is -2.28. The van der Waals surface area contributed by atoms with E-state index in [1.54, 1.807) is 24.9 Å². The van der Waals surface area contributed by atoms with E-state index in [-0.39, 0.29) is 17.5 Å². The minimum atomic E-state index is -0.365. The second-order valence-corrected chi connectivity index (χ2v) is 5.47. The van der Waals surface area contributed by atoms with E-state index in [2.05, 4.69) is 11.0 Å². The molecular formula is C14H20N2O2. The smallest absolute Gasteiger partial charge is 0.341 e. The molecule has 0 aromatic carbocycles. The van der Waals surface area contributed by atoms with Crippen LogP contribution in [-0.2, 0) is 11.8 Å². The van der Waals surface area contributed by atoms with Crippen molar-refractivity contribution in [2.45, 2.75) is 40.2 Å². The third-order valence-electron chi connectivity index (χ3n) is 2.75. The van der Waals surface area contributed by atoms with Gasteiger partial charge in [-0.15, -0.1) is 12.3 Å². The number of esters is 1. The molecule has 0 aliphatic rings. The van der Waals surface area contributed by atoms with Crippen molar-refractivity contribution in [2.75, 3.05) is 0 Å². The maximum atomic E-state index is 12.1. The van der Waals surface area contributed by atoms with E-state index in [9.17, 15) is 4.79 Å². The number of carbonyl (C=O) groups excluding carboxylic acids is 1. The van der Waals surface area contributed by atoms with Crippen LogP contribution in [0.1, 0.15) is 43.2 Å². The summed E-state index contributed by atoms with van der Waals surface area (Å²) in [5.74, 6) is 2.19. The van der Waals surface area contributed by atoms with Gasteiger partial charge in [-0.3, -0.25) is 4.68 Å². The van der Waals surface area contributed by atoms with Crippen LogP contribution in [-0.4, -0.2) is 21.9 Å². The Morgan fingerprint density at radius 1 is 1.61 bits per heavy atom. The predicted molar refractivity (Wildman–Crippen MR) is 70.1 cm³/mol. The van der Waals surface area contributed by atoms with Gasteiger partial charge >= 0.3 is 5.97 Å². The first-order valence-corrected chi connectivity index (χ1v) is 5.90. The van der Waals surface area contributed by atoms with Gasteiger partial charge in [-0.25, -0.2) is 4.79 Å². The Bertz CT molecular complexity index is 475. The number of hydrogen-bond donors (Lipinski definition) is 0. The molecule has 1 atom stereocenters. The maximum absolute atomic E-state index is 12.1. The molecule has 0 saturated heterocycles. The summed E-state index contributed by atoms with van der Waals surface area (Å²) in [5, 5.41) is 4.12. The first kappa shape index (κ1) is 14.3. The number of carbonyl (C=O) groups is 1. The van der Waals surface area contributed by atoms with Crippen molar-refractivity contribution in [2.24, 2.45) is 12.5 Å². The highest BCUT2D eigenvalue weighted by Crippen LogP contribution is 2.25. The molecule has 0 saturated carbocycles. The summed E-state index contributed by atoms with van der Waals surface area (Å²) in [6.45, 7) is 7.78. The standard InChI is InChI=1S/C14H20N2O2/c1-7-8-12(14(3,4)5)18-13(17)11-9-16(6)15-10(11)2/h1,9,12H,8H2,2-6H3/t12-/m0/s1. The molecule has 1 heterocycles. The number of ether oxygens (including phenoxy) is 1. The van der Waals surface area contributed by atoms with Crippen molar-refractivity contribution in [1.82, 2.24) is 9.78 Å². The summed E-state index contributed by atoms with van der Waals surface area (Å²) >= 11 is 0. The van der Waals surface area contributed by atoms with E-state index in [4.69, 9.17) is 11.2 Å². The van der Waals surface area contributed by atoms with Crippen molar-refractivity contribution in [3.8, 4) is 12.3 Å². The fraction of sp³-hybridized carbons (Fsp3) is 0.571. The monoisotopic (exact) mass is 248 g/mol. The summed E-state index contributed by atoms with van der Waals surface area (Å²) < 4.78 is 7.10. The molecule has 0 aliphatic heterocycles. The Balaban J connectivity index is 2.86. The highest BCUT2D eigenvalue weighted by atomic mass is 16.5. The molecule has 98 valence electrons. The number of aryl methyl sites for hydroxylation is 2. The van der Waals surface area contributed by atoms with E-state index < -0.39 is 0 Å². The average Bonchev–Trinajstić information content (AvgIpc) is 2.55. The van der Waals surface area contributed by atoms with Crippen LogP contribution in [0.4, 0.5) is 0 Å². The van der Waals surface area contributed by atoms with Gasteiger partial charge in [-0.05, 0) is 12.3 Å².